The third-order valence-corrected chi connectivity index (χ3v) is 4.43. The molecule has 0 radical (unpaired) electrons. The Labute approximate surface area is 129 Å². The number of nitrogens with zero attached hydrogens (tertiary/aromatic N) is 1. The molecule has 2 aromatic heterocycles. The van der Waals surface area contributed by atoms with Crippen LogP contribution in [0.3, 0.4) is 0 Å². The van der Waals surface area contributed by atoms with Crippen molar-refractivity contribution in [3.63, 3.8) is 0 Å². The van der Waals surface area contributed by atoms with Gasteiger partial charge in [-0.05, 0) is 18.6 Å². The van der Waals surface area contributed by atoms with E-state index in [0.717, 1.165) is 29.5 Å². The Morgan fingerprint density at radius 2 is 2.29 bits per heavy atom. The molecule has 3 rings (SSSR count). The number of hydrogen-bond acceptors (Lipinski definition) is 3. The number of rotatable bonds is 5. The van der Waals surface area contributed by atoms with Gasteiger partial charge in [-0.15, -0.1) is 0 Å². The first-order valence-electron chi connectivity index (χ1n) is 6.58. The number of hydrogen-bond donors (Lipinski definition) is 2. The molecule has 1 aromatic carbocycles. The van der Waals surface area contributed by atoms with Crippen molar-refractivity contribution in [3.05, 3.63) is 41.2 Å². The average molecular weight is 324 g/mol. The molecule has 0 saturated carbocycles. The van der Waals surface area contributed by atoms with Gasteiger partial charge >= 0.3 is 0 Å². The SMILES string of the molecule is CCCc1cc(NS(=O)c2c[nH]c3cc(Cl)ccc23)no1. The summed E-state index contributed by atoms with van der Waals surface area (Å²) in [6.07, 6.45) is 3.49. The minimum atomic E-state index is -1.42. The summed E-state index contributed by atoms with van der Waals surface area (Å²) in [6, 6.07) is 7.18. The number of aryl methyl sites for hydroxylation is 1. The number of fused-ring (bicyclic) bond motifs is 1. The van der Waals surface area contributed by atoms with Crippen LogP contribution in [0.25, 0.3) is 10.9 Å². The summed E-state index contributed by atoms with van der Waals surface area (Å²) in [5.41, 5.74) is 0.847. The Bertz CT molecular complexity index is 796. The normalized spacial score (nSPS) is 12.7. The number of nitrogens with one attached hydrogen (secondary N) is 2. The van der Waals surface area contributed by atoms with Crippen LogP contribution in [0.1, 0.15) is 19.1 Å². The molecular formula is C14H14ClN3O2S. The zero-order valence-electron chi connectivity index (χ0n) is 11.4. The van der Waals surface area contributed by atoms with Crippen molar-refractivity contribution >= 4 is 39.3 Å². The van der Waals surface area contributed by atoms with Crippen molar-refractivity contribution in [1.82, 2.24) is 10.1 Å². The maximum atomic E-state index is 12.4. The highest BCUT2D eigenvalue weighted by molar-refractivity contribution is 7.86. The first-order chi connectivity index (χ1) is 10.2. The van der Waals surface area contributed by atoms with Gasteiger partial charge in [0.2, 0.25) is 0 Å². The second-order valence-corrected chi connectivity index (χ2v) is 6.26. The van der Waals surface area contributed by atoms with Gasteiger partial charge in [0.25, 0.3) is 0 Å². The summed E-state index contributed by atoms with van der Waals surface area (Å²) in [5, 5.41) is 5.37. The smallest absolute Gasteiger partial charge is 0.181 e. The van der Waals surface area contributed by atoms with Gasteiger partial charge in [-0.3, -0.25) is 4.72 Å². The largest absolute Gasteiger partial charge is 0.360 e. The van der Waals surface area contributed by atoms with E-state index < -0.39 is 11.0 Å². The van der Waals surface area contributed by atoms with Crippen LogP contribution in [0.2, 0.25) is 5.02 Å². The topological polar surface area (TPSA) is 70.9 Å². The molecule has 0 spiro atoms. The fourth-order valence-electron chi connectivity index (χ4n) is 2.10. The van der Waals surface area contributed by atoms with Gasteiger partial charge in [0.1, 0.15) is 5.76 Å². The lowest BCUT2D eigenvalue weighted by Crippen LogP contribution is -2.04. The Morgan fingerprint density at radius 3 is 3.10 bits per heavy atom. The second-order valence-electron chi connectivity index (χ2n) is 4.64. The summed E-state index contributed by atoms with van der Waals surface area (Å²) < 4.78 is 20.4. The third kappa shape index (κ3) is 2.96. The Hall–Kier alpha value is -1.79. The molecular weight excluding hydrogens is 310 g/mol. The second kappa shape index (κ2) is 5.91. The van der Waals surface area contributed by atoms with Crippen molar-refractivity contribution in [2.75, 3.05) is 4.72 Å². The molecule has 0 aliphatic heterocycles. The number of halogens is 1. The van der Waals surface area contributed by atoms with E-state index in [1.165, 1.54) is 0 Å². The first-order valence-corrected chi connectivity index (χ1v) is 8.11. The molecule has 21 heavy (non-hydrogen) atoms. The first kappa shape index (κ1) is 14.2. The van der Waals surface area contributed by atoms with E-state index >= 15 is 0 Å². The molecule has 0 fully saturated rings. The van der Waals surface area contributed by atoms with E-state index in [1.807, 2.05) is 6.07 Å². The fraction of sp³-hybridized carbons (Fsp3) is 0.214. The van der Waals surface area contributed by atoms with Gasteiger partial charge in [0.05, 0.1) is 4.90 Å². The molecule has 1 unspecified atom stereocenters. The quantitative estimate of drug-likeness (QED) is 0.748. The van der Waals surface area contributed by atoms with Crippen molar-refractivity contribution in [1.29, 1.82) is 0 Å². The lowest BCUT2D eigenvalue weighted by atomic mass is 10.2. The minimum Gasteiger partial charge on any atom is -0.360 e. The van der Waals surface area contributed by atoms with E-state index in [1.54, 1.807) is 24.4 Å². The van der Waals surface area contributed by atoms with E-state index in [4.69, 9.17) is 16.1 Å². The van der Waals surface area contributed by atoms with Gasteiger partial charge < -0.3 is 9.51 Å². The van der Waals surface area contributed by atoms with Crippen LogP contribution in [-0.2, 0) is 17.4 Å². The monoisotopic (exact) mass is 323 g/mol. The summed E-state index contributed by atoms with van der Waals surface area (Å²) in [4.78, 5) is 3.71. The van der Waals surface area contributed by atoms with Crippen molar-refractivity contribution in [2.24, 2.45) is 0 Å². The number of H-pyrrole nitrogens is 1. The standard InChI is InChI=1S/C14H14ClN3O2S/c1-2-3-10-7-14(17-20-10)18-21(19)13-8-16-12-6-9(15)4-5-11(12)13/h4-8,16H,2-3H2,1H3,(H,17,18). The van der Waals surface area contributed by atoms with E-state index in [-0.39, 0.29) is 0 Å². The highest BCUT2D eigenvalue weighted by Crippen LogP contribution is 2.25. The molecule has 1 atom stereocenters. The summed E-state index contributed by atoms with van der Waals surface area (Å²) in [7, 11) is -1.42. The van der Waals surface area contributed by atoms with Crippen LogP contribution in [0.15, 0.2) is 39.9 Å². The maximum absolute atomic E-state index is 12.4. The molecule has 7 heteroatoms. The molecule has 5 nitrogen and oxygen atoms in total. The molecule has 2 N–H and O–H groups in total. The van der Waals surface area contributed by atoms with E-state index in [9.17, 15) is 4.21 Å². The number of aromatic amines is 1. The van der Waals surface area contributed by atoms with E-state index in [2.05, 4.69) is 21.8 Å². The average Bonchev–Trinajstić information content (AvgIpc) is 3.05. The molecule has 0 aliphatic rings. The molecule has 3 aromatic rings. The van der Waals surface area contributed by atoms with Gasteiger partial charge in [-0.1, -0.05) is 29.7 Å². The molecule has 110 valence electrons. The van der Waals surface area contributed by atoms with Crippen LogP contribution >= 0.6 is 11.6 Å². The number of benzene rings is 1. The summed E-state index contributed by atoms with van der Waals surface area (Å²) >= 11 is 5.94. The zero-order valence-corrected chi connectivity index (χ0v) is 12.9. The minimum absolute atomic E-state index is 0.472. The maximum Gasteiger partial charge on any atom is 0.181 e. The Balaban J connectivity index is 1.83. The highest BCUT2D eigenvalue weighted by Gasteiger charge is 2.13. The molecule has 0 bridgehead atoms. The lowest BCUT2D eigenvalue weighted by Gasteiger charge is -2.00. The van der Waals surface area contributed by atoms with Gasteiger partial charge in [0, 0.05) is 34.6 Å². The molecule has 0 saturated heterocycles. The highest BCUT2D eigenvalue weighted by atomic mass is 35.5. The lowest BCUT2D eigenvalue weighted by molar-refractivity contribution is 0.385. The van der Waals surface area contributed by atoms with Crippen molar-refractivity contribution < 1.29 is 8.73 Å². The van der Waals surface area contributed by atoms with Gasteiger partial charge in [0.15, 0.2) is 16.8 Å². The molecule has 0 amide bonds. The van der Waals surface area contributed by atoms with Crippen LogP contribution in [0.4, 0.5) is 5.82 Å². The number of aromatic nitrogens is 2. The summed E-state index contributed by atoms with van der Waals surface area (Å²) in [5.74, 6) is 1.25. The van der Waals surface area contributed by atoms with Gasteiger partial charge in [-0.25, -0.2) is 4.21 Å². The Morgan fingerprint density at radius 1 is 1.43 bits per heavy atom. The van der Waals surface area contributed by atoms with Crippen LogP contribution in [0, 0.1) is 0 Å². The van der Waals surface area contributed by atoms with Crippen molar-refractivity contribution in [2.45, 2.75) is 24.7 Å². The number of anilines is 1. The Kier molecular flexibility index (Phi) is 3.98. The zero-order chi connectivity index (χ0) is 14.8. The van der Waals surface area contributed by atoms with E-state index in [0.29, 0.717) is 15.7 Å². The molecule has 0 aliphatic carbocycles. The van der Waals surface area contributed by atoms with Gasteiger partial charge in [-0.2, -0.15) is 0 Å². The predicted molar refractivity (Wildman–Crippen MR) is 83.8 cm³/mol. The molecule has 2 heterocycles. The predicted octanol–water partition coefficient (Wildman–Crippen LogP) is 3.90. The van der Waals surface area contributed by atoms with Crippen LogP contribution in [0.5, 0.6) is 0 Å². The van der Waals surface area contributed by atoms with Crippen LogP contribution in [-0.4, -0.2) is 14.3 Å². The van der Waals surface area contributed by atoms with Crippen molar-refractivity contribution in [3.8, 4) is 0 Å². The third-order valence-electron chi connectivity index (χ3n) is 3.06. The van der Waals surface area contributed by atoms with Crippen LogP contribution < -0.4 is 4.72 Å². The summed E-state index contributed by atoms with van der Waals surface area (Å²) in [6.45, 7) is 2.06. The fourth-order valence-corrected chi connectivity index (χ4v) is 3.21.